The zero-order chi connectivity index (χ0) is 43.0. The average Bonchev–Trinajstić information content (AvgIpc) is 3.97. The average molecular weight is 849 g/mol. The highest BCUT2D eigenvalue weighted by Gasteiger charge is 2.38. The summed E-state index contributed by atoms with van der Waals surface area (Å²) in [5, 5.41) is 22.8. The molecule has 15 heteroatoms. The van der Waals surface area contributed by atoms with Crippen LogP contribution in [0.2, 0.25) is 0 Å². The first-order valence-corrected chi connectivity index (χ1v) is 22.6. The molecule has 1 saturated carbocycles. The Balaban J connectivity index is 0.752. The highest BCUT2D eigenvalue weighted by Crippen LogP contribution is 2.40. The Kier molecular flexibility index (Phi) is 9.88. The molecule has 0 radical (unpaired) electrons. The molecule has 7 heterocycles. The first-order chi connectivity index (χ1) is 30.7. The number of anilines is 2. The van der Waals surface area contributed by atoms with Crippen molar-refractivity contribution in [3.8, 4) is 5.82 Å². The smallest absolute Gasteiger partial charge is 0.278 e. The monoisotopic (exact) mass is 848 g/mol. The Morgan fingerprint density at radius 2 is 1.65 bits per heavy atom. The molecule has 11 rings (SSSR count). The van der Waals surface area contributed by atoms with Crippen molar-refractivity contribution in [3.63, 3.8) is 0 Å². The maximum Gasteiger partial charge on any atom is 0.278 e. The molecular formula is C48H52N10O5. The molecule has 3 aliphatic heterocycles. The number of amides is 2. The normalized spacial score (nSPS) is 24.0. The molecule has 2 amide bonds. The number of benzene rings is 2. The van der Waals surface area contributed by atoms with Crippen LogP contribution in [0.25, 0.3) is 27.8 Å². The second kappa shape index (κ2) is 15.6. The third kappa shape index (κ3) is 6.88. The van der Waals surface area contributed by atoms with Gasteiger partial charge in [0, 0.05) is 67.5 Å². The van der Waals surface area contributed by atoms with Gasteiger partial charge >= 0.3 is 0 Å². The molecule has 1 saturated heterocycles. The molecule has 3 N–H and O–H groups in total. The van der Waals surface area contributed by atoms with Gasteiger partial charge in [-0.3, -0.25) is 29.5 Å². The van der Waals surface area contributed by atoms with E-state index in [1.54, 1.807) is 21.6 Å². The largest absolute Gasteiger partial charge is 0.384 e. The number of nitrogens with one attached hydrogen (secondary N) is 2. The number of aliphatic hydroxyl groups is 1. The summed E-state index contributed by atoms with van der Waals surface area (Å²) in [6.07, 6.45) is 12.5. The number of piperidine rings is 1. The lowest BCUT2D eigenvalue weighted by atomic mass is 9.86. The quantitative estimate of drug-likeness (QED) is 0.117. The van der Waals surface area contributed by atoms with Gasteiger partial charge < -0.3 is 14.9 Å². The van der Waals surface area contributed by atoms with E-state index in [4.69, 9.17) is 14.5 Å². The number of allylic oxidation sites excluding steroid dienone is 1. The summed E-state index contributed by atoms with van der Waals surface area (Å²) in [4.78, 5) is 57.7. The molecule has 15 nitrogen and oxygen atoms in total. The maximum absolute atomic E-state index is 13.6. The Labute approximate surface area is 364 Å². The van der Waals surface area contributed by atoms with Crippen molar-refractivity contribution < 1.29 is 19.2 Å². The predicted molar refractivity (Wildman–Crippen MR) is 237 cm³/mol. The summed E-state index contributed by atoms with van der Waals surface area (Å²) < 4.78 is 9.24. The van der Waals surface area contributed by atoms with Gasteiger partial charge in [0.25, 0.3) is 5.56 Å². The van der Waals surface area contributed by atoms with Gasteiger partial charge in [-0.05, 0) is 111 Å². The van der Waals surface area contributed by atoms with E-state index in [2.05, 4.69) is 61.4 Å². The summed E-state index contributed by atoms with van der Waals surface area (Å²) in [6, 6.07) is 15.7. The van der Waals surface area contributed by atoms with Crippen molar-refractivity contribution >= 4 is 45.5 Å². The van der Waals surface area contributed by atoms with Crippen LogP contribution in [-0.4, -0.2) is 81.4 Å². The number of rotatable bonds is 9. The minimum atomic E-state index is -0.992. The van der Waals surface area contributed by atoms with E-state index in [-0.39, 0.29) is 23.9 Å². The van der Waals surface area contributed by atoms with Gasteiger partial charge in [0.2, 0.25) is 17.8 Å². The number of imide groups is 1. The van der Waals surface area contributed by atoms with Crippen LogP contribution < -0.4 is 16.2 Å². The number of hydrogen-bond donors (Lipinski definition) is 3. The SMILES string of the molecule is C=CCn1c(=O)c2cnc(Nc3ccc4c(c3)CCN([C@H]3CC[C@@H](N5CCc6ccc7c(C8CCC(=O)NC8=O)noc7c6C5)CC3)C4)nc2n1-c1ccc2c(n1)[C@@](O)(CC)CC2. The minimum Gasteiger partial charge on any atom is -0.384 e. The first kappa shape index (κ1) is 39.8. The van der Waals surface area contributed by atoms with Crippen molar-refractivity contribution in [3.05, 3.63) is 111 Å². The van der Waals surface area contributed by atoms with Crippen molar-refractivity contribution in [2.45, 2.75) is 121 Å². The van der Waals surface area contributed by atoms with E-state index in [9.17, 15) is 19.5 Å². The van der Waals surface area contributed by atoms with Gasteiger partial charge in [-0.25, -0.2) is 19.3 Å². The Hall–Kier alpha value is -6.03. The fourth-order valence-electron chi connectivity index (χ4n) is 11.1. The number of fused-ring (bicyclic) bond motifs is 6. The third-order valence-electron chi connectivity index (χ3n) is 14.7. The Morgan fingerprint density at radius 3 is 2.43 bits per heavy atom. The molecular weight excluding hydrogens is 797 g/mol. The number of carbonyl (C=O) groups excluding carboxylic acids is 2. The van der Waals surface area contributed by atoms with Crippen LogP contribution in [0.1, 0.15) is 103 Å². The van der Waals surface area contributed by atoms with Crippen LogP contribution in [0.4, 0.5) is 11.6 Å². The van der Waals surface area contributed by atoms with Crippen LogP contribution in [-0.2, 0) is 54.1 Å². The second-order valence-electron chi connectivity index (χ2n) is 18.1. The van der Waals surface area contributed by atoms with Crippen LogP contribution in [0.15, 0.2) is 70.6 Å². The van der Waals surface area contributed by atoms with Crippen LogP contribution in [0.5, 0.6) is 0 Å². The number of aryl methyl sites for hydroxylation is 1. The molecule has 0 spiro atoms. The zero-order valence-electron chi connectivity index (χ0n) is 35.6. The van der Waals surface area contributed by atoms with Gasteiger partial charge in [0.05, 0.1) is 18.2 Å². The number of pyridine rings is 1. The highest BCUT2D eigenvalue weighted by atomic mass is 16.5. The van der Waals surface area contributed by atoms with E-state index in [1.165, 1.54) is 22.3 Å². The summed E-state index contributed by atoms with van der Waals surface area (Å²) in [5.74, 6) is -0.0935. The highest BCUT2D eigenvalue weighted by molar-refractivity contribution is 6.02. The Morgan fingerprint density at radius 1 is 0.889 bits per heavy atom. The van der Waals surface area contributed by atoms with E-state index in [1.807, 2.05) is 25.1 Å². The molecule has 4 aromatic heterocycles. The van der Waals surface area contributed by atoms with Gasteiger partial charge in [-0.1, -0.05) is 36.4 Å². The molecule has 2 atom stereocenters. The molecule has 5 aliphatic rings. The van der Waals surface area contributed by atoms with E-state index >= 15 is 0 Å². The van der Waals surface area contributed by atoms with Gasteiger partial charge in [0.1, 0.15) is 16.7 Å². The third-order valence-corrected chi connectivity index (χ3v) is 14.7. The van der Waals surface area contributed by atoms with Gasteiger partial charge in [-0.15, -0.1) is 6.58 Å². The lowest BCUT2D eigenvalue weighted by Crippen LogP contribution is -2.46. The van der Waals surface area contributed by atoms with Gasteiger partial charge in [-0.2, -0.15) is 4.98 Å². The summed E-state index contributed by atoms with van der Waals surface area (Å²) in [6.45, 7) is 9.88. The van der Waals surface area contributed by atoms with Gasteiger partial charge in [0.15, 0.2) is 17.0 Å². The van der Waals surface area contributed by atoms with E-state index in [0.29, 0.717) is 72.0 Å². The number of hydrogen-bond acceptors (Lipinski definition) is 12. The summed E-state index contributed by atoms with van der Waals surface area (Å²) in [5.41, 5.74) is 8.35. The molecule has 0 bridgehead atoms. The van der Waals surface area contributed by atoms with Crippen LogP contribution >= 0.6 is 0 Å². The van der Waals surface area contributed by atoms with E-state index in [0.717, 1.165) is 93.3 Å². The minimum absolute atomic E-state index is 0.230. The molecule has 2 fully saturated rings. The van der Waals surface area contributed by atoms with Crippen LogP contribution in [0.3, 0.4) is 0 Å². The molecule has 6 aromatic rings. The van der Waals surface area contributed by atoms with Crippen molar-refractivity contribution in [1.29, 1.82) is 0 Å². The fraction of sp³-hybridized carbons (Fsp3) is 0.438. The topological polar surface area (TPSA) is 177 Å². The lowest BCUT2D eigenvalue weighted by Gasteiger charge is -2.43. The fourth-order valence-corrected chi connectivity index (χ4v) is 11.1. The first-order valence-electron chi connectivity index (χ1n) is 22.6. The van der Waals surface area contributed by atoms with E-state index < -0.39 is 11.5 Å². The second-order valence-corrected chi connectivity index (χ2v) is 18.1. The maximum atomic E-state index is 13.6. The number of carbonyl (C=O) groups is 2. The molecule has 2 aliphatic carbocycles. The molecule has 1 unspecified atom stereocenters. The molecule has 2 aromatic carbocycles. The van der Waals surface area contributed by atoms with Crippen molar-refractivity contribution in [2.24, 2.45) is 0 Å². The van der Waals surface area contributed by atoms with Crippen molar-refractivity contribution in [1.82, 2.24) is 44.6 Å². The lowest BCUT2D eigenvalue weighted by molar-refractivity contribution is -0.134. The predicted octanol–water partition coefficient (Wildman–Crippen LogP) is 5.84. The Bertz CT molecular complexity index is 2890. The standard InChI is InChI=1S/C48H52N10O5/c1-3-21-57-46(61)37-25-49-47(53-44(37)58(57)39-15-7-29-17-20-48(62,4-2)43(29)51-39)50-32-8-5-31-26-55(23-19-30(31)24-32)33-9-11-34(12-10-33)56-22-18-28-6-13-35-41(54-63-42(35)38(28)27-56)36-14-16-40(59)52-45(36)60/h3,5-8,13,15,24-25,33-34,36,62H,1,4,9-12,14,16-23,26-27H2,2H3,(H,49,50,53)(H,52,59,60)/t33-,34+,36?,48-/m1/s1. The van der Waals surface area contributed by atoms with Crippen LogP contribution in [0, 0.1) is 0 Å². The molecule has 324 valence electrons. The molecule has 63 heavy (non-hydrogen) atoms. The summed E-state index contributed by atoms with van der Waals surface area (Å²) in [7, 11) is 0. The zero-order valence-corrected chi connectivity index (χ0v) is 35.6. The summed E-state index contributed by atoms with van der Waals surface area (Å²) >= 11 is 0. The van der Waals surface area contributed by atoms with Crippen molar-refractivity contribution in [2.75, 3.05) is 18.4 Å². The number of nitrogens with zero attached hydrogens (tertiary/aromatic N) is 8. The number of aromatic nitrogens is 6.